The molecule has 0 aliphatic heterocycles. The number of aliphatic carboxylic acids is 1. The number of rotatable bonds is 6. The van der Waals surface area contributed by atoms with Crippen molar-refractivity contribution in [3.63, 3.8) is 0 Å². The summed E-state index contributed by atoms with van der Waals surface area (Å²) in [7, 11) is 0. The number of nitrogens with zero attached hydrogens (tertiary/aromatic N) is 1. The molecular formula is C9H19NO3. The van der Waals surface area contributed by atoms with Gasteiger partial charge in [-0.25, -0.2) is 0 Å². The summed E-state index contributed by atoms with van der Waals surface area (Å²) in [6, 6.07) is 0. The van der Waals surface area contributed by atoms with Gasteiger partial charge < -0.3 is 15.1 Å². The summed E-state index contributed by atoms with van der Waals surface area (Å²) in [5.41, 5.74) is 0. The monoisotopic (exact) mass is 189 g/mol. The van der Waals surface area contributed by atoms with Crippen LogP contribution in [-0.2, 0) is 4.79 Å². The van der Waals surface area contributed by atoms with Crippen molar-refractivity contribution in [2.24, 2.45) is 5.92 Å². The molecule has 0 spiro atoms. The third-order valence-electron chi connectivity index (χ3n) is 1.92. The maximum Gasteiger partial charge on any atom is 0.307 e. The van der Waals surface area contributed by atoms with Gasteiger partial charge in [0.1, 0.15) is 0 Å². The number of aliphatic hydroxyl groups is 1. The molecule has 4 heteroatoms. The van der Waals surface area contributed by atoms with Gasteiger partial charge in [-0.2, -0.15) is 0 Å². The highest BCUT2D eigenvalue weighted by Gasteiger charge is 2.15. The summed E-state index contributed by atoms with van der Waals surface area (Å²) in [6.45, 7) is 7.13. The SMILES string of the molecule is CCN(CC(C)O)CC(C)C(=O)O. The van der Waals surface area contributed by atoms with Gasteiger partial charge in [0.25, 0.3) is 0 Å². The van der Waals surface area contributed by atoms with E-state index < -0.39 is 12.1 Å². The second-order valence-corrected chi connectivity index (χ2v) is 3.44. The van der Waals surface area contributed by atoms with Crippen LogP contribution in [0, 0.1) is 5.92 Å². The van der Waals surface area contributed by atoms with Crippen LogP contribution in [0.25, 0.3) is 0 Å². The molecule has 0 radical (unpaired) electrons. The van der Waals surface area contributed by atoms with Crippen LogP contribution in [-0.4, -0.2) is 46.8 Å². The van der Waals surface area contributed by atoms with E-state index in [-0.39, 0.29) is 5.92 Å². The van der Waals surface area contributed by atoms with Crippen LogP contribution in [0.5, 0.6) is 0 Å². The zero-order valence-corrected chi connectivity index (χ0v) is 8.53. The third-order valence-corrected chi connectivity index (χ3v) is 1.92. The Kier molecular flexibility index (Phi) is 5.66. The zero-order valence-electron chi connectivity index (χ0n) is 8.53. The molecular weight excluding hydrogens is 170 g/mol. The summed E-state index contributed by atoms with van der Waals surface area (Å²) < 4.78 is 0. The van der Waals surface area contributed by atoms with Crippen molar-refractivity contribution in [3.8, 4) is 0 Å². The van der Waals surface area contributed by atoms with E-state index >= 15 is 0 Å². The van der Waals surface area contributed by atoms with Gasteiger partial charge in [-0.1, -0.05) is 13.8 Å². The molecule has 2 unspecified atom stereocenters. The van der Waals surface area contributed by atoms with E-state index in [1.165, 1.54) is 0 Å². The number of carboxylic acids is 1. The van der Waals surface area contributed by atoms with Crippen LogP contribution in [0.2, 0.25) is 0 Å². The molecule has 0 aromatic carbocycles. The molecule has 13 heavy (non-hydrogen) atoms. The molecule has 0 saturated heterocycles. The average Bonchev–Trinajstić information content (AvgIpc) is 2.02. The molecule has 0 heterocycles. The van der Waals surface area contributed by atoms with Crippen LogP contribution in [0.1, 0.15) is 20.8 Å². The first-order valence-electron chi connectivity index (χ1n) is 4.60. The Morgan fingerprint density at radius 3 is 2.23 bits per heavy atom. The quantitative estimate of drug-likeness (QED) is 0.635. The van der Waals surface area contributed by atoms with Crippen molar-refractivity contribution >= 4 is 5.97 Å². The maximum absolute atomic E-state index is 10.5. The predicted octanol–water partition coefficient (Wildman–Crippen LogP) is 0.410. The Hall–Kier alpha value is -0.610. The lowest BCUT2D eigenvalue weighted by molar-refractivity contribution is -0.141. The molecule has 0 aliphatic carbocycles. The molecule has 0 rings (SSSR count). The van der Waals surface area contributed by atoms with E-state index in [1.807, 2.05) is 11.8 Å². The van der Waals surface area contributed by atoms with E-state index in [9.17, 15) is 4.79 Å². The number of carboxylic acid groups (broad SMARTS) is 1. The molecule has 0 saturated carbocycles. The minimum absolute atomic E-state index is 0.376. The lowest BCUT2D eigenvalue weighted by atomic mass is 10.1. The Balaban J connectivity index is 3.90. The Morgan fingerprint density at radius 2 is 1.92 bits per heavy atom. The standard InChI is InChI=1S/C9H19NO3/c1-4-10(6-8(3)11)5-7(2)9(12)13/h7-8,11H,4-6H2,1-3H3,(H,12,13). The Bertz CT molecular complexity index is 159. The highest BCUT2D eigenvalue weighted by atomic mass is 16.4. The van der Waals surface area contributed by atoms with Crippen molar-refractivity contribution in [1.29, 1.82) is 0 Å². The molecule has 0 fully saturated rings. The van der Waals surface area contributed by atoms with Gasteiger partial charge in [0.2, 0.25) is 0 Å². The van der Waals surface area contributed by atoms with Crippen LogP contribution in [0.15, 0.2) is 0 Å². The zero-order chi connectivity index (χ0) is 10.4. The van der Waals surface area contributed by atoms with E-state index in [4.69, 9.17) is 10.2 Å². The second kappa shape index (κ2) is 5.94. The highest BCUT2D eigenvalue weighted by Crippen LogP contribution is 2.01. The first-order valence-corrected chi connectivity index (χ1v) is 4.60. The normalized spacial score (nSPS) is 15.8. The van der Waals surface area contributed by atoms with Crippen molar-refractivity contribution < 1.29 is 15.0 Å². The van der Waals surface area contributed by atoms with E-state index in [2.05, 4.69) is 0 Å². The number of likely N-dealkylation sites (N-methyl/N-ethyl adjacent to an activating group) is 1. The fraction of sp³-hybridized carbons (Fsp3) is 0.889. The van der Waals surface area contributed by atoms with Crippen molar-refractivity contribution in [1.82, 2.24) is 4.90 Å². The van der Waals surface area contributed by atoms with Gasteiger partial charge in [0.05, 0.1) is 12.0 Å². The van der Waals surface area contributed by atoms with Crippen LogP contribution >= 0.6 is 0 Å². The number of aliphatic hydroxyl groups excluding tert-OH is 1. The minimum Gasteiger partial charge on any atom is -0.481 e. The summed E-state index contributed by atoms with van der Waals surface area (Å²) in [5, 5.41) is 17.8. The molecule has 0 aromatic heterocycles. The van der Waals surface area contributed by atoms with Crippen LogP contribution in [0.3, 0.4) is 0 Å². The van der Waals surface area contributed by atoms with Crippen molar-refractivity contribution in [2.75, 3.05) is 19.6 Å². The lowest BCUT2D eigenvalue weighted by Crippen LogP contribution is -2.36. The largest absolute Gasteiger partial charge is 0.481 e. The summed E-state index contributed by atoms with van der Waals surface area (Å²) >= 11 is 0. The molecule has 0 bridgehead atoms. The predicted molar refractivity (Wildman–Crippen MR) is 50.6 cm³/mol. The minimum atomic E-state index is -0.788. The second-order valence-electron chi connectivity index (χ2n) is 3.44. The number of hydrogen-bond donors (Lipinski definition) is 2. The molecule has 78 valence electrons. The summed E-state index contributed by atoms with van der Waals surface area (Å²) in [6.07, 6.45) is -0.402. The molecule has 2 atom stereocenters. The fourth-order valence-corrected chi connectivity index (χ4v) is 1.17. The summed E-state index contributed by atoms with van der Waals surface area (Å²) in [5.74, 6) is -1.16. The fourth-order valence-electron chi connectivity index (χ4n) is 1.17. The van der Waals surface area contributed by atoms with Crippen LogP contribution in [0.4, 0.5) is 0 Å². The van der Waals surface area contributed by atoms with Gasteiger partial charge in [0, 0.05) is 13.1 Å². The van der Waals surface area contributed by atoms with Gasteiger partial charge in [0.15, 0.2) is 0 Å². The maximum atomic E-state index is 10.5. The lowest BCUT2D eigenvalue weighted by Gasteiger charge is -2.23. The Morgan fingerprint density at radius 1 is 1.38 bits per heavy atom. The average molecular weight is 189 g/mol. The highest BCUT2D eigenvalue weighted by molar-refractivity contribution is 5.69. The van der Waals surface area contributed by atoms with E-state index in [1.54, 1.807) is 13.8 Å². The van der Waals surface area contributed by atoms with Gasteiger partial charge in [-0.05, 0) is 13.5 Å². The third kappa shape index (κ3) is 5.60. The smallest absolute Gasteiger partial charge is 0.307 e. The Labute approximate surface area is 79.2 Å². The first kappa shape index (κ1) is 12.4. The van der Waals surface area contributed by atoms with Crippen molar-refractivity contribution in [2.45, 2.75) is 26.9 Å². The van der Waals surface area contributed by atoms with E-state index in [0.29, 0.717) is 13.1 Å². The molecule has 4 nitrogen and oxygen atoms in total. The molecule has 0 aliphatic rings. The molecule has 0 amide bonds. The molecule has 0 aromatic rings. The number of carbonyl (C=O) groups is 1. The van der Waals surface area contributed by atoms with Gasteiger partial charge in [-0.15, -0.1) is 0 Å². The van der Waals surface area contributed by atoms with Crippen molar-refractivity contribution in [3.05, 3.63) is 0 Å². The van der Waals surface area contributed by atoms with E-state index in [0.717, 1.165) is 6.54 Å². The van der Waals surface area contributed by atoms with Crippen LogP contribution < -0.4 is 0 Å². The first-order chi connectivity index (χ1) is 5.97. The van der Waals surface area contributed by atoms with Gasteiger partial charge in [-0.3, -0.25) is 4.79 Å². The molecule has 2 N–H and O–H groups in total. The summed E-state index contributed by atoms with van der Waals surface area (Å²) in [4.78, 5) is 12.5. The van der Waals surface area contributed by atoms with Gasteiger partial charge >= 0.3 is 5.97 Å². The topological polar surface area (TPSA) is 60.8 Å². The number of hydrogen-bond acceptors (Lipinski definition) is 3.